The van der Waals surface area contributed by atoms with Crippen molar-refractivity contribution >= 4 is 17.9 Å². The molecule has 31 heavy (non-hydrogen) atoms. The number of benzene rings is 2. The summed E-state index contributed by atoms with van der Waals surface area (Å²) in [6, 6.07) is 15.7. The van der Waals surface area contributed by atoms with E-state index < -0.39 is 24.1 Å². The Labute approximate surface area is 180 Å². The van der Waals surface area contributed by atoms with Gasteiger partial charge in [-0.1, -0.05) is 43.5 Å². The first-order chi connectivity index (χ1) is 14.9. The second kappa shape index (κ2) is 8.23. The van der Waals surface area contributed by atoms with Gasteiger partial charge in [0.25, 0.3) is 5.91 Å². The van der Waals surface area contributed by atoms with Gasteiger partial charge in [-0.05, 0) is 48.2 Å². The van der Waals surface area contributed by atoms with Crippen molar-refractivity contribution in [2.24, 2.45) is 0 Å². The zero-order valence-corrected chi connectivity index (χ0v) is 17.3. The summed E-state index contributed by atoms with van der Waals surface area (Å²) in [5.41, 5.74) is 1.63. The lowest BCUT2D eigenvalue weighted by Gasteiger charge is -2.35. The molecule has 7 heteroatoms. The van der Waals surface area contributed by atoms with Gasteiger partial charge in [-0.25, -0.2) is 9.59 Å². The first-order valence-electron chi connectivity index (χ1n) is 10.4. The van der Waals surface area contributed by atoms with Crippen LogP contribution in [0.4, 0.5) is 4.79 Å². The molecule has 1 saturated carbocycles. The number of hydrogen-bond acceptors (Lipinski definition) is 5. The largest absolute Gasteiger partial charge is 0.425 e. The van der Waals surface area contributed by atoms with Crippen molar-refractivity contribution in [1.29, 1.82) is 5.26 Å². The average molecular weight is 417 g/mol. The molecule has 2 fully saturated rings. The molecule has 7 nitrogen and oxygen atoms in total. The average Bonchev–Trinajstić information content (AvgIpc) is 2.96. The number of nitriles is 1. The normalized spacial score (nSPS) is 17.7. The highest BCUT2D eigenvalue weighted by Crippen LogP contribution is 2.39. The number of ether oxygens (including phenoxy) is 1. The van der Waals surface area contributed by atoms with Crippen molar-refractivity contribution in [3.8, 4) is 22.9 Å². The van der Waals surface area contributed by atoms with Gasteiger partial charge in [-0.15, -0.1) is 0 Å². The van der Waals surface area contributed by atoms with Gasteiger partial charge in [-0.3, -0.25) is 9.69 Å². The number of hydrogen-bond donors (Lipinski definition) is 0. The summed E-state index contributed by atoms with van der Waals surface area (Å²) in [5, 5.41) is 8.89. The molecule has 0 N–H and O–H groups in total. The molecule has 1 aliphatic carbocycles. The standard InChI is InChI=1S/C24H23N3O4/c1-26-23(30)27(22(29)24(26)13-3-2-4-14-24)16-21(28)31-20-11-9-19(10-12-20)18-7-5-17(15-25)6-8-18/h5-12H,2-4,13-14,16H2,1H3. The van der Waals surface area contributed by atoms with Crippen LogP contribution in [0.15, 0.2) is 48.5 Å². The molecule has 1 aliphatic heterocycles. The van der Waals surface area contributed by atoms with E-state index >= 15 is 0 Å². The molecule has 1 spiro atoms. The van der Waals surface area contributed by atoms with E-state index in [4.69, 9.17) is 10.00 Å². The van der Waals surface area contributed by atoms with Crippen molar-refractivity contribution in [2.75, 3.05) is 13.6 Å². The second-order valence-corrected chi connectivity index (χ2v) is 8.01. The minimum atomic E-state index is -0.807. The summed E-state index contributed by atoms with van der Waals surface area (Å²) >= 11 is 0. The third-order valence-corrected chi connectivity index (χ3v) is 6.20. The lowest BCUT2D eigenvalue weighted by molar-refractivity contribution is -0.142. The van der Waals surface area contributed by atoms with Crippen LogP contribution in [0.5, 0.6) is 5.75 Å². The number of esters is 1. The van der Waals surface area contributed by atoms with Crippen LogP contribution in [0.3, 0.4) is 0 Å². The van der Waals surface area contributed by atoms with Crippen LogP contribution in [0, 0.1) is 11.3 Å². The molecule has 2 aromatic carbocycles. The quantitative estimate of drug-likeness (QED) is 0.430. The van der Waals surface area contributed by atoms with Gasteiger partial charge < -0.3 is 9.64 Å². The van der Waals surface area contributed by atoms with Gasteiger partial charge in [0.1, 0.15) is 17.8 Å². The fourth-order valence-corrected chi connectivity index (χ4v) is 4.42. The predicted molar refractivity (Wildman–Crippen MR) is 113 cm³/mol. The first kappa shape index (κ1) is 20.6. The number of amides is 3. The number of urea groups is 1. The van der Waals surface area contributed by atoms with E-state index in [0.29, 0.717) is 24.2 Å². The van der Waals surface area contributed by atoms with Crippen LogP contribution >= 0.6 is 0 Å². The van der Waals surface area contributed by atoms with Crippen LogP contribution in [0.2, 0.25) is 0 Å². The molecule has 2 aromatic rings. The van der Waals surface area contributed by atoms with E-state index in [1.54, 1.807) is 43.4 Å². The number of carbonyl (C=O) groups excluding carboxylic acids is 3. The van der Waals surface area contributed by atoms with Crippen LogP contribution in [0.25, 0.3) is 11.1 Å². The number of rotatable bonds is 4. The maximum Gasteiger partial charge on any atom is 0.331 e. The highest BCUT2D eigenvalue weighted by Gasteiger charge is 2.55. The number of likely N-dealkylation sites (N-methyl/N-ethyl adjacent to an activating group) is 1. The monoisotopic (exact) mass is 417 g/mol. The predicted octanol–water partition coefficient (Wildman–Crippen LogP) is 3.73. The van der Waals surface area contributed by atoms with Crippen LogP contribution in [-0.4, -0.2) is 46.8 Å². The fraction of sp³-hybridized carbons (Fsp3) is 0.333. The Balaban J connectivity index is 1.41. The van der Waals surface area contributed by atoms with Gasteiger partial charge in [-0.2, -0.15) is 5.26 Å². The molecule has 0 radical (unpaired) electrons. The summed E-state index contributed by atoms with van der Waals surface area (Å²) in [7, 11) is 1.64. The summed E-state index contributed by atoms with van der Waals surface area (Å²) in [4.78, 5) is 40.6. The molecular formula is C24H23N3O4. The fourth-order valence-electron chi connectivity index (χ4n) is 4.42. The smallest absolute Gasteiger partial charge is 0.331 e. The van der Waals surface area contributed by atoms with Crippen LogP contribution < -0.4 is 4.74 Å². The maximum absolute atomic E-state index is 13.0. The minimum absolute atomic E-state index is 0.298. The van der Waals surface area contributed by atoms with Gasteiger partial charge in [0.15, 0.2) is 0 Å². The number of nitrogens with zero attached hydrogens (tertiary/aromatic N) is 3. The van der Waals surface area contributed by atoms with E-state index in [2.05, 4.69) is 6.07 Å². The van der Waals surface area contributed by atoms with Crippen molar-refractivity contribution in [1.82, 2.24) is 9.80 Å². The number of carbonyl (C=O) groups is 3. The topological polar surface area (TPSA) is 90.7 Å². The van der Waals surface area contributed by atoms with Crippen molar-refractivity contribution < 1.29 is 19.1 Å². The Morgan fingerprint density at radius 2 is 1.58 bits per heavy atom. The van der Waals surface area contributed by atoms with Gasteiger partial charge in [0.2, 0.25) is 0 Å². The Hall–Kier alpha value is -3.66. The van der Waals surface area contributed by atoms with Gasteiger partial charge >= 0.3 is 12.0 Å². The molecule has 1 saturated heterocycles. The Bertz CT molecular complexity index is 1050. The van der Waals surface area contributed by atoms with Gasteiger partial charge in [0.05, 0.1) is 11.6 Å². The molecule has 3 amide bonds. The van der Waals surface area contributed by atoms with E-state index in [9.17, 15) is 14.4 Å². The summed E-state index contributed by atoms with van der Waals surface area (Å²) in [6.07, 6.45) is 4.12. The molecule has 2 aliphatic rings. The molecule has 0 atom stereocenters. The molecule has 4 rings (SSSR count). The lowest BCUT2D eigenvalue weighted by Crippen LogP contribution is -2.49. The van der Waals surface area contributed by atoms with E-state index in [1.165, 1.54) is 4.90 Å². The van der Waals surface area contributed by atoms with Crippen LogP contribution in [-0.2, 0) is 9.59 Å². The van der Waals surface area contributed by atoms with E-state index in [0.717, 1.165) is 35.3 Å². The zero-order valence-electron chi connectivity index (χ0n) is 17.3. The third kappa shape index (κ3) is 3.77. The molecular weight excluding hydrogens is 394 g/mol. The molecule has 0 aromatic heterocycles. The Morgan fingerprint density at radius 1 is 1.00 bits per heavy atom. The molecule has 0 unspecified atom stereocenters. The molecule has 0 bridgehead atoms. The van der Waals surface area contributed by atoms with Crippen molar-refractivity contribution in [2.45, 2.75) is 37.6 Å². The minimum Gasteiger partial charge on any atom is -0.425 e. The van der Waals surface area contributed by atoms with Gasteiger partial charge in [0, 0.05) is 7.05 Å². The number of imide groups is 1. The van der Waals surface area contributed by atoms with E-state index in [1.807, 2.05) is 12.1 Å². The highest BCUT2D eigenvalue weighted by atomic mass is 16.5. The van der Waals surface area contributed by atoms with Crippen molar-refractivity contribution in [3.63, 3.8) is 0 Å². The van der Waals surface area contributed by atoms with E-state index in [-0.39, 0.29) is 5.91 Å². The maximum atomic E-state index is 13.0. The SMILES string of the molecule is CN1C(=O)N(CC(=O)Oc2ccc(-c3ccc(C#N)cc3)cc2)C(=O)C12CCCCC2. The van der Waals surface area contributed by atoms with Crippen LogP contribution in [0.1, 0.15) is 37.7 Å². The summed E-state index contributed by atoms with van der Waals surface area (Å²) in [6.45, 7) is -0.402. The molecule has 158 valence electrons. The first-order valence-corrected chi connectivity index (χ1v) is 10.4. The highest BCUT2D eigenvalue weighted by molar-refractivity contribution is 6.08. The molecule has 1 heterocycles. The second-order valence-electron chi connectivity index (χ2n) is 8.01. The lowest BCUT2D eigenvalue weighted by atomic mass is 9.81. The Morgan fingerprint density at radius 3 is 2.16 bits per heavy atom. The van der Waals surface area contributed by atoms with Crippen molar-refractivity contribution in [3.05, 3.63) is 54.1 Å². The third-order valence-electron chi connectivity index (χ3n) is 6.20. The zero-order chi connectivity index (χ0) is 22.0. The summed E-state index contributed by atoms with van der Waals surface area (Å²) in [5.74, 6) is -0.621. The summed E-state index contributed by atoms with van der Waals surface area (Å²) < 4.78 is 5.36. The Kier molecular flexibility index (Phi) is 5.47.